The standard InChI is InChI=1S/C10H13N3O/c1-8-10(9(2)14-12-8)3-5-13-6-4-11-7-13/h4,6-7H,3,5H2,1-2H3. The summed E-state index contributed by atoms with van der Waals surface area (Å²) in [6.07, 6.45) is 6.50. The summed E-state index contributed by atoms with van der Waals surface area (Å²) in [5, 5.41) is 3.92. The lowest BCUT2D eigenvalue weighted by Gasteiger charge is -2.00. The highest BCUT2D eigenvalue weighted by atomic mass is 16.5. The molecule has 4 nitrogen and oxygen atoms in total. The Hall–Kier alpha value is -1.58. The number of hydrogen-bond donors (Lipinski definition) is 0. The number of rotatable bonds is 3. The zero-order valence-corrected chi connectivity index (χ0v) is 8.40. The van der Waals surface area contributed by atoms with Crippen molar-refractivity contribution in [2.24, 2.45) is 0 Å². The monoisotopic (exact) mass is 191 g/mol. The van der Waals surface area contributed by atoms with Crippen LogP contribution in [-0.4, -0.2) is 14.7 Å². The third-order valence-corrected chi connectivity index (χ3v) is 2.36. The average molecular weight is 191 g/mol. The van der Waals surface area contributed by atoms with Crippen LogP contribution in [0, 0.1) is 13.8 Å². The van der Waals surface area contributed by atoms with Gasteiger partial charge in [-0.3, -0.25) is 0 Å². The lowest BCUT2D eigenvalue weighted by molar-refractivity contribution is 0.392. The van der Waals surface area contributed by atoms with Gasteiger partial charge in [-0.2, -0.15) is 0 Å². The first-order chi connectivity index (χ1) is 6.77. The van der Waals surface area contributed by atoms with E-state index >= 15 is 0 Å². The third kappa shape index (κ3) is 1.69. The van der Waals surface area contributed by atoms with Crippen molar-refractivity contribution in [1.29, 1.82) is 0 Å². The Morgan fingerprint density at radius 1 is 1.43 bits per heavy atom. The molecule has 0 aromatic carbocycles. The van der Waals surface area contributed by atoms with Gasteiger partial charge < -0.3 is 9.09 Å². The van der Waals surface area contributed by atoms with E-state index in [1.54, 1.807) is 6.20 Å². The summed E-state index contributed by atoms with van der Waals surface area (Å²) in [6.45, 7) is 4.84. The number of aryl methyl sites for hydroxylation is 3. The largest absolute Gasteiger partial charge is 0.361 e. The summed E-state index contributed by atoms with van der Waals surface area (Å²) in [7, 11) is 0. The van der Waals surface area contributed by atoms with Crippen molar-refractivity contribution in [3.63, 3.8) is 0 Å². The molecule has 0 fully saturated rings. The average Bonchev–Trinajstić information content (AvgIpc) is 2.76. The molecule has 0 spiro atoms. The highest BCUT2D eigenvalue weighted by molar-refractivity contribution is 5.20. The van der Waals surface area contributed by atoms with Gasteiger partial charge in [0, 0.05) is 24.5 Å². The summed E-state index contributed by atoms with van der Waals surface area (Å²) in [5.41, 5.74) is 2.20. The van der Waals surface area contributed by atoms with Gasteiger partial charge in [-0.1, -0.05) is 5.16 Å². The van der Waals surface area contributed by atoms with Crippen LogP contribution in [0.1, 0.15) is 17.0 Å². The molecular formula is C10H13N3O. The molecule has 2 rings (SSSR count). The van der Waals surface area contributed by atoms with Crippen molar-refractivity contribution in [3.8, 4) is 0 Å². The second-order valence-electron chi connectivity index (χ2n) is 3.35. The fourth-order valence-corrected chi connectivity index (χ4v) is 1.52. The topological polar surface area (TPSA) is 43.9 Å². The summed E-state index contributed by atoms with van der Waals surface area (Å²) >= 11 is 0. The molecule has 0 N–H and O–H groups in total. The van der Waals surface area contributed by atoms with Crippen LogP contribution in [0.5, 0.6) is 0 Å². The Morgan fingerprint density at radius 2 is 2.29 bits per heavy atom. The van der Waals surface area contributed by atoms with E-state index < -0.39 is 0 Å². The fraction of sp³-hybridized carbons (Fsp3) is 0.400. The number of aromatic nitrogens is 3. The predicted molar refractivity (Wildman–Crippen MR) is 51.9 cm³/mol. The van der Waals surface area contributed by atoms with Gasteiger partial charge in [-0.15, -0.1) is 0 Å². The van der Waals surface area contributed by atoms with Crippen molar-refractivity contribution in [3.05, 3.63) is 35.7 Å². The van der Waals surface area contributed by atoms with Gasteiger partial charge >= 0.3 is 0 Å². The molecule has 0 aliphatic heterocycles. The van der Waals surface area contributed by atoms with Crippen LogP contribution in [0.4, 0.5) is 0 Å². The molecule has 0 radical (unpaired) electrons. The highest BCUT2D eigenvalue weighted by Gasteiger charge is 2.07. The summed E-state index contributed by atoms with van der Waals surface area (Å²) < 4.78 is 7.14. The maximum Gasteiger partial charge on any atom is 0.137 e. The Kier molecular flexibility index (Phi) is 2.35. The van der Waals surface area contributed by atoms with Crippen LogP contribution in [0.15, 0.2) is 23.2 Å². The Labute approximate surface area is 82.6 Å². The molecule has 0 atom stereocenters. The van der Waals surface area contributed by atoms with Crippen LogP contribution in [-0.2, 0) is 13.0 Å². The maximum atomic E-state index is 5.09. The lowest BCUT2D eigenvalue weighted by Crippen LogP contribution is -1.99. The second-order valence-corrected chi connectivity index (χ2v) is 3.35. The minimum Gasteiger partial charge on any atom is -0.361 e. The highest BCUT2D eigenvalue weighted by Crippen LogP contribution is 2.13. The quantitative estimate of drug-likeness (QED) is 0.742. The van der Waals surface area contributed by atoms with Crippen molar-refractivity contribution in [2.45, 2.75) is 26.8 Å². The van der Waals surface area contributed by atoms with Crippen LogP contribution < -0.4 is 0 Å². The second kappa shape index (κ2) is 3.65. The summed E-state index contributed by atoms with van der Waals surface area (Å²) in [4.78, 5) is 3.99. The van der Waals surface area contributed by atoms with Crippen molar-refractivity contribution in [2.75, 3.05) is 0 Å². The molecule has 2 aromatic heterocycles. The molecule has 0 unspecified atom stereocenters. The molecule has 0 aliphatic carbocycles. The molecule has 0 aliphatic rings. The number of nitrogens with zero attached hydrogens (tertiary/aromatic N) is 3. The minimum absolute atomic E-state index is 0.919. The van der Waals surface area contributed by atoms with Crippen LogP contribution in [0.2, 0.25) is 0 Å². The van der Waals surface area contributed by atoms with E-state index in [-0.39, 0.29) is 0 Å². The van der Waals surface area contributed by atoms with E-state index in [9.17, 15) is 0 Å². The Morgan fingerprint density at radius 3 is 2.86 bits per heavy atom. The van der Waals surface area contributed by atoms with Gasteiger partial charge in [0.1, 0.15) is 5.76 Å². The van der Waals surface area contributed by atoms with E-state index in [4.69, 9.17) is 4.52 Å². The molecule has 0 saturated carbocycles. The zero-order chi connectivity index (χ0) is 9.97. The first-order valence-electron chi connectivity index (χ1n) is 4.65. The molecule has 0 saturated heterocycles. The first kappa shape index (κ1) is 8.99. The van der Waals surface area contributed by atoms with E-state index in [1.165, 1.54) is 5.56 Å². The molecule has 2 heterocycles. The van der Waals surface area contributed by atoms with Crippen LogP contribution in [0.25, 0.3) is 0 Å². The molecule has 0 amide bonds. The molecule has 14 heavy (non-hydrogen) atoms. The molecular weight excluding hydrogens is 178 g/mol. The van der Waals surface area contributed by atoms with E-state index in [2.05, 4.69) is 10.1 Å². The molecule has 4 heteroatoms. The van der Waals surface area contributed by atoms with Crippen molar-refractivity contribution < 1.29 is 4.52 Å². The zero-order valence-electron chi connectivity index (χ0n) is 8.40. The summed E-state index contributed by atoms with van der Waals surface area (Å²) in [5.74, 6) is 0.919. The van der Waals surface area contributed by atoms with Gasteiger partial charge in [-0.05, 0) is 20.3 Å². The number of hydrogen-bond acceptors (Lipinski definition) is 3. The lowest BCUT2D eigenvalue weighted by atomic mass is 10.1. The Bertz CT molecular complexity index is 383. The third-order valence-electron chi connectivity index (χ3n) is 2.36. The number of imidazole rings is 1. The summed E-state index contributed by atoms with van der Waals surface area (Å²) in [6, 6.07) is 0. The van der Waals surface area contributed by atoms with Crippen molar-refractivity contribution in [1.82, 2.24) is 14.7 Å². The van der Waals surface area contributed by atoms with E-state index in [0.717, 1.165) is 24.4 Å². The smallest absolute Gasteiger partial charge is 0.137 e. The van der Waals surface area contributed by atoms with Crippen molar-refractivity contribution >= 4 is 0 Å². The fourth-order valence-electron chi connectivity index (χ4n) is 1.52. The van der Waals surface area contributed by atoms with Crippen LogP contribution >= 0.6 is 0 Å². The predicted octanol–water partition coefficient (Wildman–Crippen LogP) is 1.73. The molecule has 2 aromatic rings. The van der Waals surface area contributed by atoms with Gasteiger partial charge in [-0.25, -0.2) is 4.98 Å². The van der Waals surface area contributed by atoms with Crippen LogP contribution in [0.3, 0.4) is 0 Å². The minimum atomic E-state index is 0.919. The normalized spacial score (nSPS) is 10.7. The SMILES string of the molecule is Cc1noc(C)c1CCn1ccnc1. The first-order valence-corrected chi connectivity index (χ1v) is 4.65. The van der Waals surface area contributed by atoms with Gasteiger partial charge in [0.05, 0.1) is 12.0 Å². The van der Waals surface area contributed by atoms with Gasteiger partial charge in [0.15, 0.2) is 0 Å². The Balaban J connectivity index is 2.05. The van der Waals surface area contributed by atoms with E-state index in [0.29, 0.717) is 0 Å². The van der Waals surface area contributed by atoms with Gasteiger partial charge in [0.2, 0.25) is 0 Å². The molecule has 0 bridgehead atoms. The van der Waals surface area contributed by atoms with E-state index in [1.807, 2.05) is 30.9 Å². The molecule has 74 valence electrons. The van der Waals surface area contributed by atoms with Gasteiger partial charge in [0.25, 0.3) is 0 Å². The maximum absolute atomic E-state index is 5.09.